The molecule has 0 heterocycles. The van der Waals surface area contributed by atoms with Crippen LogP contribution in [0.2, 0.25) is 0 Å². The molecule has 0 aliphatic heterocycles. The van der Waals surface area contributed by atoms with Crippen LogP contribution in [0, 0.1) is 0 Å². The summed E-state index contributed by atoms with van der Waals surface area (Å²) in [6.45, 7) is 0. The third kappa shape index (κ3) is 4.37. The summed E-state index contributed by atoms with van der Waals surface area (Å²) in [4.78, 5) is 12.6. The summed E-state index contributed by atoms with van der Waals surface area (Å²) in [5, 5.41) is 2.80. The van der Waals surface area contributed by atoms with Gasteiger partial charge in [-0.15, -0.1) is 0 Å². The Labute approximate surface area is 166 Å². The quantitative estimate of drug-likeness (QED) is 0.628. The summed E-state index contributed by atoms with van der Waals surface area (Å²) in [5.41, 5.74) is 1.59. The molecule has 0 spiro atoms. The molecule has 0 aliphatic carbocycles. The van der Waals surface area contributed by atoms with Crippen LogP contribution in [-0.4, -0.2) is 21.4 Å². The van der Waals surface area contributed by atoms with Gasteiger partial charge in [-0.25, -0.2) is 8.42 Å². The molecule has 0 atom stereocenters. The molecule has 3 rings (SSSR count). The van der Waals surface area contributed by atoms with E-state index in [0.717, 1.165) is 4.47 Å². The largest absolute Gasteiger partial charge is 0.322 e. The molecule has 1 N–H and O–H groups in total. The minimum atomic E-state index is -3.65. The molecule has 5 nitrogen and oxygen atoms in total. The zero-order valence-corrected chi connectivity index (χ0v) is 16.9. The van der Waals surface area contributed by atoms with E-state index in [9.17, 15) is 13.2 Å². The predicted molar refractivity (Wildman–Crippen MR) is 111 cm³/mol. The van der Waals surface area contributed by atoms with Crippen LogP contribution < -0.4 is 9.62 Å². The average molecular weight is 445 g/mol. The van der Waals surface area contributed by atoms with Crippen LogP contribution in [0.4, 0.5) is 11.4 Å². The first-order valence-corrected chi connectivity index (χ1v) is 10.3. The first kappa shape index (κ1) is 19.1. The molecule has 0 bridgehead atoms. The molecular formula is C20H17BrN2O3S. The number of hydrogen-bond donors (Lipinski definition) is 1. The molecule has 138 valence electrons. The number of carbonyl (C=O) groups excluding carboxylic acids is 1. The van der Waals surface area contributed by atoms with Gasteiger partial charge in [0.05, 0.1) is 10.6 Å². The van der Waals surface area contributed by atoms with Crippen molar-refractivity contribution in [2.45, 2.75) is 4.90 Å². The minimum absolute atomic E-state index is 0.213. The van der Waals surface area contributed by atoms with Crippen molar-refractivity contribution in [3.8, 4) is 0 Å². The Morgan fingerprint density at radius 3 is 2.07 bits per heavy atom. The lowest BCUT2D eigenvalue weighted by Crippen LogP contribution is -2.26. The van der Waals surface area contributed by atoms with Crippen molar-refractivity contribution in [1.29, 1.82) is 0 Å². The van der Waals surface area contributed by atoms with E-state index >= 15 is 0 Å². The van der Waals surface area contributed by atoms with Gasteiger partial charge in [-0.3, -0.25) is 9.10 Å². The van der Waals surface area contributed by atoms with E-state index in [1.807, 2.05) is 12.1 Å². The van der Waals surface area contributed by atoms with Crippen molar-refractivity contribution in [3.05, 3.63) is 88.9 Å². The summed E-state index contributed by atoms with van der Waals surface area (Å²) in [7, 11) is -2.16. The topological polar surface area (TPSA) is 66.5 Å². The Morgan fingerprint density at radius 1 is 0.889 bits per heavy atom. The second kappa shape index (κ2) is 7.94. The molecule has 7 heteroatoms. The number of nitrogens with zero attached hydrogens (tertiary/aromatic N) is 1. The molecule has 0 saturated carbocycles. The highest BCUT2D eigenvalue weighted by molar-refractivity contribution is 9.10. The normalized spacial score (nSPS) is 11.0. The smallest absolute Gasteiger partial charge is 0.264 e. The molecular weight excluding hydrogens is 428 g/mol. The van der Waals surface area contributed by atoms with Gasteiger partial charge in [-0.2, -0.15) is 0 Å². The number of benzene rings is 3. The Hall–Kier alpha value is -2.64. The lowest BCUT2D eigenvalue weighted by Gasteiger charge is -2.19. The summed E-state index contributed by atoms with van der Waals surface area (Å²) in [5.74, 6) is -0.266. The average Bonchev–Trinajstić information content (AvgIpc) is 2.70. The lowest BCUT2D eigenvalue weighted by atomic mass is 10.2. The van der Waals surface area contributed by atoms with E-state index in [1.54, 1.807) is 66.7 Å². The third-order valence-corrected chi connectivity index (χ3v) is 6.33. The van der Waals surface area contributed by atoms with E-state index in [0.29, 0.717) is 16.9 Å². The summed E-state index contributed by atoms with van der Waals surface area (Å²) in [6.07, 6.45) is 0. The maximum atomic E-state index is 12.7. The van der Waals surface area contributed by atoms with Gasteiger partial charge < -0.3 is 5.32 Å². The van der Waals surface area contributed by atoms with Crippen molar-refractivity contribution in [2.75, 3.05) is 16.7 Å². The fourth-order valence-corrected chi connectivity index (χ4v) is 3.93. The van der Waals surface area contributed by atoms with E-state index < -0.39 is 10.0 Å². The lowest BCUT2D eigenvalue weighted by molar-refractivity contribution is 0.102. The van der Waals surface area contributed by atoms with Crippen LogP contribution in [0.15, 0.2) is 88.2 Å². The highest BCUT2D eigenvalue weighted by Crippen LogP contribution is 2.22. The highest BCUT2D eigenvalue weighted by atomic mass is 79.9. The van der Waals surface area contributed by atoms with Crippen molar-refractivity contribution in [2.24, 2.45) is 0 Å². The SMILES string of the molecule is CN(c1ccc(C(=O)Nc2ccc(Br)cc2)cc1)S(=O)(=O)c1ccccc1. The number of hydrogen-bond acceptors (Lipinski definition) is 3. The van der Waals surface area contributed by atoms with Gasteiger partial charge in [0.15, 0.2) is 0 Å². The van der Waals surface area contributed by atoms with Crippen LogP contribution in [0.3, 0.4) is 0 Å². The van der Waals surface area contributed by atoms with Crippen molar-refractivity contribution in [1.82, 2.24) is 0 Å². The van der Waals surface area contributed by atoms with Crippen LogP contribution in [-0.2, 0) is 10.0 Å². The van der Waals surface area contributed by atoms with Gasteiger partial charge in [0.25, 0.3) is 15.9 Å². The van der Waals surface area contributed by atoms with Crippen LogP contribution in [0.5, 0.6) is 0 Å². The Kier molecular flexibility index (Phi) is 5.62. The van der Waals surface area contributed by atoms with Crippen molar-refractivity contribution >= 4 is 43.2 Å². The number of rotatable bonds is 5. The molecule has 27 heavy (non-hydrogen) atoms. The summed E-state index contributed by atoms with van der Waals surface area (Å²) >= 11 is 3.34. The molecule has 0 fully saturated rings. The standard InChI is InChI=1S/C20H17BrN2O3S/c1-23(27(25,26)19-5-3-2-4-6-19)18-13-7-15(8-14-18)20(24)22-17-11-9-16(21)10-12-17/h2-14H,1H3,(H,22,24). The summed E-state index contributed by atoms with van der Waals surface area (Å²) in [6, 6.07) is 21.9. The van der Waals surface area contributed by atoms with Crippen molar-refractivity contribution in [3.63, 3.8) is 0 Å². The summed E-state index contributed by atoms with van der Waals surface area (Å²) < 4.78 is 27.4. The zero-order chi connectivity index (χ0) is 19.4. The third-order valence-electron chi connectivity index (χ3n) is 4.00. The van der Waals surface area contributed by atoms with E-state index in [4.69, 9.17) is 0 Å². The van der Waals surface area contributed by atoms with Gasteiger partial charge in [0, 0.05) is 22.8 Å². The zero-order valence-electron chi connectivity index (χ0n) is 14.5. The molecule has 0 saturated heterocycles. The maximum Gasteiger partial charge on any atom is 0.264 e. The van der Waals surface area contributed by atoms with Crippen LogP contribution >= 0.6 is 15.9 Å². The molecule has 1 amide bonds. The fraction of sp³-hybridized carbons (Fsp3) is 0.0500. The van der Waals surface area contributed by atoms with Gasteiger partial charge in [-0.1, -0.05) is 34.1 Å². The number of anilines is 2. The first-order chi connectivity index (χ1) is 12.9. The van der Waals surface area contributed by atoms with Crippen LogP contribution in [0.1, 0.15) is 10.4 Å². The second-order valence-corrected chi connectivity index (χ2v) is 8.68. The first-order valence-electron chi connectivity index (χ1n) is 8.09. The number of amides is 1. The molecule has 0 aromatic heterocycles. The van der Waals surface area contributed by atoms with E-state index in [1.165, 1.54) is 11.4 Å². The molecule has 3 aromatic rings. The molecule has 0 aliphatic rings. The number of nitrogens with one attached hydrogen (secondary N) is 1. The Balaban J connectivity index is 1.76. The molecule has 0 radical (unpaired) electrons. The maximum absolute atomic E-state index is 12.7. The second-order valence-electron chi connectivity index (χ2n) is 5.79. The monoisotopic (exact) mass is 444 g/mol. The minimum Gasteiger partial charge on any atom is -0.322 e. The highest BCUT2D eigenvalue weighted by Gasteiger charge is 2.21. The van der Waals surface area contributed by atoms with Gasteiger partial charge in [0.2, 0.25) is 0 Å². The predicted octanol–water partition coefficient (Wildman–Crippen LogP) is 4.53. The number of carbonyl (C=O) groups is 1. The van der Waals surface area contributed by atoms with E-state index in [-0.39, 0.29) is 10.8 Å². The number of sulfonamides is 1. The fourth-order valence-electron chi connectivity index (χ4n) is 2.45. The van der Waals surface area contributed by atoms with Gasteiger partial charge >= 0.3 is 0 Å². The van der Waals surface area contributed by atoms with Crippen molar-refractivity contribution < 1.29 is 13.2 Å². The van der Waals surface area contributed by atoms with E-state index in [2.05, 4.69) is 21.2 Å². The van der Waals surface area contributed by atoms with Gasteiger partial charge in [0.1, 0.15) is 0 Å². The van der Waals surface area contributed by atoms with Gasteiger partial charge in [-0.05, 0) is 60.7 Å². The molecule has 3 aromatic carbocycles. The Morgan fingerprint density at radius 2 is 1.48 bits per heavy atom. The Bertz CT molecular complexity index is 1030. The number of halogens is 1. The molecule has 0 unspecified atom stereocenters. The van der Waals surface area contributed by atoms with Crippen LogP contribution in [0.25, 0.3) is 0 Å².